The lowest BCUT2D eigenvalue weighted by Crippen LogP contribution is -1.97. The zero-order chi connectivity index (χ0) is 70.1. The van der Waals surface area contributed by atoms with E-state index in [4.69, 9.17) is 18.9 Å². The maximum absolute atomic E-state index is 6.27. The molecule has 0 aromatic heterocycles. The summed E-state index contributed by atoms with van der Waals surface area (Å²) in [5.41, 5.74) is 16.1. The summed E-state index contributed by atoms with van der Waals surface area (Å²) in [6.45, 7) is 16.6. The van der Waals surface area contributed by atoms with Gasteiger partial charge in [0.2, 0.25) is 0 Å². The lowest BCUT2D eigenvalue weighted by Gasteiger charge is -2.09. The van der Waals surface area contributed by atoms with E-state index in [0.717, 1.165) is 131 Å². The van der Waals surface area contributed by atoms with Gasteiger partial charge in [-0.05, 0) is 202 Å². The Labute approximate surface area is 608 Å². The second-order valence-corrected chi connectivity index (χ2v) is 28.0. The summed E-state index contributed by atoms with van der Waals surface area (Å²) >= 11 is 0. The monoisotopic (exact) mass is 1340 g/mol. The van der Waals surface area contributed by atoms with E-state index in [-0.39, 0.29) is 0 Å². The number of hydrogen-bond donors (Lipinski definition) is 0. The summed E-state index contributed by atoms with van der Waals surface area (Å²) in [6.07, 6.45) is 68.1. The van der Waals surface area contributed by atoms with Crippen LogP contribution in [0.5, 0.6) is 23.0 Å². The quantitative estimate of drug-likeness (QED) is 0.0281. The van der Waals surface area contributed by atoms with Gasteiger partial charge in [0, 0.05) is 0 Å². The molecule has 0 bridgehead atoms. The predicted octanol–water partition coefficient (Wildman–Crippen LogP) is 29.4. The minimum Gasteiger partial charge on any atom is -0.494 e. The van der Waals surface area contributed by atoms with E-state index in [9.17, 15) is 0 Å². The van der Waals surface area contributed by atoms with Gasteiger partial charge >= 0.3 is 0 Å². The fourth-order valence-electron chi connectivity index (χ4n) is 12.9. The smallest absolute Gasteiger partial charge is 0.119 e. The Kier molecular flexibility index (Phi) is 39.5. The Morgan fingerprint density at radius 3 is 0.610 bits per heavy atom. The van der Waals surface area contributed by atoms with Gasteiger partial charge in [-0.2, -0.15) is 0 Å². The van der Waals surface area contributed by atoms with E-state index < -0.39 is 0 Å². The van der Waals surface area contributed by atoms with Gasteiger partial charge in [0.05, 0.1) is 26.4 Å². The van der Waals surface area contributed by atoms with E-state index >= 15 is 0 Å². The number of unbranched alkanes of at least 4 members (excludes halogenated alkanes) is 28. The largest absolute Gasteiger partial charge is 0.494 e. The van der Waals surface area contributed by atoms with Crippen LogP contribution >= 0.6 is 0 Å². The number of benzene rings is 7. The van der Waals surface area contributed by atoms with Gasteiger partial charge in [-0.3, -0.25) is 0 Å². The second kappa shape index (κ2) is 49.7. The van der Waals surface area contributed by atoms with Crippen LogP contribution in [0.2, 0.25) is 0 Å². The maximum Gasteiger partial charge on any atom is 0.119 e. The topological polar surface area (TPSA) is 36.9 Å². The summed E-state index contributed by atoms with van der Waals surface area (Å²) < 4.78 is 25.1. The molecular weight excluding hydrogens is 1220 g/mol. The first-order chi connectivity index (χ1) is 49.2. The summed E-state index contributed by atoms with van der Waals surface area (Å²) in [4.78, 5) is 0. The lowest BCUT2D eigenvalue weighted by molar-refractivity contribution is 0.304. The van der Waals surface area contributed by atoms with Crippen molar-refractivity contribution in [1.29, 1.82) is 0 Å². The molecule has 0 aliphatic heterocycles. The zero-order valence-electron chi connectivity index (χ0n) is 62.9. The van der Waals surface area contributed by atoms with Crippen LogP contribution in [0.4, 0.5) is 0 Å². The van der Waals surface area contributed by atoms with Crippen molar-refractivity contribution in [2.45, 2.75) is 247 Å². The zero-order valence-corrected chi connectivity index (χ0v) is 62.9. The molecule has 4 heteroatoms. The molecule has 0 aliphatic rings. The van der Waals surface area contributed by atoms with Gasteiger partial charge in [0.15, 0.2) is 0 Å². The van der Waals surface area contributed by atoms with Crippen LogP contribution in [0.25, 0.3) is 72.9 Å². The van der Waals surface area contributed by atoms with E-state index in [1.807, 2.05) is 0 Å². The SMILES string of the molecule is CCCCCCCCCCOc1cccc(/C=C/c2cc(/C=C/c3cccc(OCCCCCCCCCC)c3)cc(/C=C/c3cc(C)c(/C=C/c4cc(/C=C/c5cccc(OCCCCCCCCCC)c5)cc(/C=C/c5cccc(OCCCCCCCCCC)c5)c4)cc3C)c2)c1. The molecule has 7 aromatic carbocycles. The minimum absolute atomic E-state index is 0.755. The van der Waals surface area contributed by atoms with Crippen molar-refractivity contribution in [3.8, 4) is 23.0 Å². The van der Waals surface area contributed by atoms with E-state index in [0.29, 0.717) is 0 Å². The molecule has 0 aliphatic carbocycles. The van der Waals surface area contributed by atoms with Gasteiger partial charge in [0.1, 0.15) is 23.0 Å². The van der Waals surface area contributed by atoms with E-state index in [1.165, 1.54) is 202 Å². The van der Waals surface area contributed by atoms with Crippen LogP contribution in [0.15, 0.2) is 146 Å². The Morgan fingerprint density at radius 1 is 0.200 bits per heavy atom. The average Bonchev–Trinajstić information content (AvgIpc) is 0.842. The number of ether oxygens (including phenoxy) is 4. The lowest BCUT2D eigenvalue weighted by atomic mass is 9.97. The summed E-state index contributed by atoms with van der Waals surface area (Å²) in [5.74, 6) is 3.71. The molecule has 0 heterocycles. The van der Waals surface area contributed by atoms with Crippen molar-refractivity contribution in [3.05, 3.63) is 223 Å². The first-order valence-electron chi connectivity index (χ1n) is 39.7. The van der Waals surface area contributed by atoms with Crippen LogP contribution in [0.1, 0.15) is 311 Å². The molecule has 100 heavy (non-hydrogen) atoms. The molecule has 534 valence electrons. The molecule has 0 amide bonds. The van der Waals surface area contributed by atoms with Crippen molar-refractivity contribution >= 4 is 72.9 Å². The van der Waals surface area contributed by atoms with Gasteiger partial charge in [-0.15, -0.1) is 0 Å². The minimum atomic E-state index is 0.755. The van der Waals surface area contributed by atoms with Gasteiger partial charge in [-0.25, -0.2) is 0 Å². The molecule has 0 atom stereocenters. The highest BCUT2D eigenvalue weighted by molar-refractivity contribution is 5.82. The third-order valence-corrected chi connectivity index (χ3v) is 18.9. The molecular formula is C96H126O4. The summed E-state index contributed by atoms with van der Waals surface area (Å²) in [5, 5.41) is 0. The van der Waals surface area contributed by atoms with Gasteiger partial charge in [-0.1, -0.05) is 341 Å². The normalized spacial score (nSPS) is 11.9. The average molecular weight is 1340 g/mol. The highest BCUT2D eigenvalue weighted by Crippen LogP contribution is 2.28. The molecule has 0 N–H and O–H groups in total. The standard InChI is InChI=1S/C96H126O4/c1-7-11-15-19-23-27-31-35-63-97-93-47-39-43-81(75-93)51-55-85-69-86(56-52-82-44-40-48-94(76-82)98-64-36-32-28-24-20-16-12-8-2)72-89(71-85)59-61-91-67-80(6)92(68-79(91)5)62-60-90-73-87(57-53-83-45-41-49-95(77-83)99-65-37-33-29-25-21-17-13-9-3)70-88(74-90)58-54-84-46-42-50-96(78-84)100-66-38-34-30-26-22-18-14-10-4/h39-62,67-78H,7-38,63-66H2,1-6H3/b55-51+,56-52+,57-53+,58-54+,61-59+,62-60+. The summed E-state index contributed by atoms with van der Waals surface area (Å²) in [6, 6.07) is 52.4. The molecule has 0 saturated heterocycles. The maximum atomic E-state index is 6.27. The molecule has 0 radical (unpaired) electrons. The Hall–Kier alpha value is -7.82. The fraction of sp³-hybridized carbons (Fsp3) is 0.438. The fourth-order valence-corrected chi connectivity index (χ4v) is 12.9. The van der Waals surface area contributed by atoms with Crippen LogP contribution < -0.4 is 18.9 Å². The van der Waals surface area contributed by atoms with Gasteiger partial charge < -0.3 is 18.9 Å². The Bertz CT molecular complexity index is 3150. The third-order valence-electron chi connectivity index (χ3n) is 18.9. The molecule has 0 fully saturated rings. The highest BCUT2D eigenvalue weighted by Gasteiger charge is 2.07. The van der Waals surface area contributed by atoms with Crippen LogP contribution in [-0.2, 0) is 0 Å². The highest BCUT2D eigenvalue weighted by atomic mass is 16.5. The van der Waals surface area contributed by atoms with Crippen LogP contribution in [0.3, 0.4) is 0 Å². The molecule has 0 spiro atoms. The Morgan fingerprint density at radius 2 is 0.390 bits per heavy atom. The molecule has 7 rings (SSSR count). The first kappa shape index (κ1) is 79.5. The van der Waals surface area contributed by atoms with Crippen molar-refractivity contribution < 1.29 is 18.9 Å². The predicted molar refractivity (Wildman–Crippen MR) is 441 cm³/mol. The molecule has 0 saturated carbocycles. The first-order valence-corrected chi connectivity index (χ1v) is 39.7. The van der Waals surface area contributed by atoms with E-state index in [1.54, 1.807) is 0 Å². The third kappa shape index (κ3) is 33.6. The molecule has 7 aromatic rings. The Balaban J connectivity index is 1.07. The van der Waals surface area contributed by atoms with Crippen molar-refractivity contribution in [1.82, 2.24) is 0 Å². The number of aryl methyl sites for hydroxylation is 2. The molecule has 0 unspecified atom stereocenters. The van der Waals surface area contributed by atoms with Gasteiger partial charge in [0.25, 0.3) is 0 Å². The van der Waals surface area contributed by atoms with Crippen LogP contribution in [0, 0.1) is 13.8 Å². The summed E-state index contributed by atoms with van der Waals surface area (Å²) in [7, 11) is 0. The van der Waals surface area contributed by atoms with Crippen molar-refractivity contribution in [3.63, 3.8) is 0 Å². The van der Waals surface area contributed by atoms with E-state index in [2.05, 4.69) is 260 Å². The second-order valence-electron chi connectivity index (χ2n) is 28.0. The van der Waals surface area contributed by atoms with Crippen molar-refractivity contribution in [2.24, 2.45) is 0 Å². The number of hydrogen-bond acceptors (Lipinski definition) is 4. The van der Waals surface area contributed by atoms with Crippen molar-refractivity contribution in [2.75, 3.05) is 26.4 Å². The number of rotatable bonds is 52. The van der Waals surface area contributed by atoms with Crippen LogP contribution in [-0.4, -0.2) is 26.4 Å². The molecule has 4 nitrogen and oxygen atoms in total.